The lowest BCUT2D eigenvalue weighted by molar-refractivity contribution is -0.233. The molecule has 7 rings (SSSR count). The molecular weight excluding hydrogens is 340 g/mol. The molecule has 2 saturated carbocycles. The summed E-state index contributed by atoms with van der Waals surface area (Å²) in [6, 6.07) is 8.29. The molecule has 2 saturated heterocycles. The Balaban J connectivity index is 1.33. The average Bonchev–Trinajstić information content (AvgIpc) is 3.28. The minimum atomic E-state index is -1.36. The monoisotopic (exact) mass is 364 g/mol. The highest BCUT2D eigenvalue weighted by Gasteiger charge is 2.54. The van der Waals surface area contributed by atoms with Crippen LogP contribution in [0, 0.1) is 11.8 Å². The first kappa shape index (κ1) is 16.1. The van der Waals surface area contributed by atoms with Gasteiger partial charge < -0.3 is 19.4 Å². The van der Waals surface area contributed by atoms with Crippen molar-refractivity contribution in [3.05, 3.63) is 53.5 Å². The summed E-state index contributed by atoms with van der Waals surface area (Å²) in [5.74, 6) is 2.22. The number of aliphatic hydroxyl groups is 2. The fraction of sp³-hybridized carbons (Fsp3) is 0.478. The molecule has 0 amide bonds. The van der Waals surface area contributed by atoms with E-state index in [1.807, 2.05) is 30.5 Å². The summed E-state index contributed by atoms with van der Waals surface area (Å²) in [4.78, 5) is 0. The van der Waals surface area contributed by atoms with Crippen LogP contribution in [-0.4, -0.2) is 22.6 Å². The first-order valence-corrected chi connectivity index (χ1v) is 10.1. The highest BCUT2D eigenvalue weighted by atomic mass is 16.5. The molecule has 140 valence electrons. The quantitative estimate of drug-likeness (QED) is 0.803. The predicted molar refractivity (Wildman–Crippen MR) is 101 cm³/mol. The van der Waals surface area contributed by atoms with Crippen LogP contribution in [0.1, 0.15) is 54.9 Å². The molecule has 3 aliphatic carbocycles. The van der Waals surface area contributed by atoms with Gasteiger partial charge in [0.1, 0.15) is 11.4 Å². The molecular formula is C23H24O4. The molecule has 1 aromatic heterocycles. The normalized spacial score (nSPS) is 36.0. The minimum Gasteiger partial charge on any atom is -0.466 e. The van der Waals surface area contributed by atoms with Crippen molar-refractivity contribution in [2.75, 3.05) is 0 Å². The molecule has 1 aromatic carbocycles. The van der Waals surface area contributed by atoms with Crippen molar-refractivity contribution in [2.45, 2.75) is 56.0 Å². The van der Waals surface area contributed by atoms with E-state index in [1.165, 1.54) is 19.3 Å². The van der Waals surface area contributed by atoms with Crippen molar-refractivity contribution in [3.8, 4) is 11.1 Å². The second-order valence-corrected chi connectivity index (χ2v) is 8.92. The van der Waals surface area contributed by atoms with Crippen LogP contribution in [-0.2, 0) is 10.3 Å². The summed E-state index contributed by atoms with van der Waals surface area (Å²) in [6.07, 6.45) is 10.7. The molecule has 0 spiro atoms. The van der Waals surface area contributed by atoms with Crippen LogP contribution >= 0.6 is 0 Å². The molecule has 0 radical (unpaired) electrons. The fourth-order valence-electron chi connectivity index (χ4n) is 6.12. The van der Waals surface area contributed by atoms with E-state index in [0.717, 1.165) is 52.7 Å². The first-order chi connectivity index (χ1) is 13.1. The average molecular weight is 364 g/mol. The summed E-state index contributed by atoms with van der Waals surface area (Å²) in [5.41, 5.74) is 3.94. The standard InChI is InChI=1S/C23H24O4/c24-22(25)20-4-2-16-8-15(1-3-19(16)20)17-9-21(26-12-17)23-10-13-5-14(11-23)7-18(6-13)27-23/h1-4,8-9,12-14,18,20,22,24-25H,5-7,10-11H2. The van der Waals surface area contributed by atoms with E-state index in [9.17, 15) is 10.2 Å². The van der Waals surface area contributed by atoms with Crippen molar-refractivity contribution in [2.24, 2.45) is 11.8 Å². The number of ether oxygens (including phenoxy) is 1. The van der Waals surface area contributed by atoms with Crippen molar-refractivity contribution in [1.29, 1.82) is 0 Å². The maximum absolute atomic E-state index is 9.52. The molecule has 27 heavy (non-hydrogen) atoms. The molecule has 4 heteroatoms. The van der Waals surface area contributed by atoms with Crippen LogP contribution in [0.4, 0.5) is 0 Å². The van der Waals surface area contributed by atoms with Crippen LogP contribution in [0.3, 0.4) is 0 Å². The van der Waals surface area contributed by atoms with Gasteiger partial charge in [-0.15, -0.1) is 0 Å². The van der Waals surface area contributed by atoms with Gasteiger partial charge in [-0.05, 0) is 72.8 Å². The third-order valence-corrected chi connectivity index (χ3v) is 7.12. The van der Waals surface area contributed by atoms with Crippen LogP contribution in [0.5, 0.6) is 0 Å². The maximum Gasteiger partial charge on any atom is 0.161 e. The van der Waals surface area contributed by atoms with E-state index in [0.29, 0.717) is 6.10 Å². The van der Waals surface area contributed by atoms with Crippen molar-refractivity contribution in [3.63, 3.8) is 0 Å². The Morgan fingerprint density at radius 3 is 2.56 bits per heavy atom. The van der Waals surface area contributed by atoms with Gasteiger partial charge in [-0.1, -0.05) is 24.3 Å². The number of rotatable bonds is 3. The van der Waals surface area contributed by atoms with Crippen LogP contribution < -0.4 is 0 Å². The zero-order valence-electron chi connectivity index (χ0n) is 15.2. The highest BCUT2D eigenvalue weighted by molar-refractivity contribution is 5.72. The lowest BCUT2D eigenvalue weighted by Crippen LogP contribution is -2.52. The topological polar surface area (TPSA) is 62.8 Å². The van der Waals surface area contributed by atoms with Gasteiger partial charge in [-0.25, -0.2) is 0 Å². The fourth-order valence-corrected chi connectivity index (χ4v) is 6.12. The Hall–Kier alpha value is -1.88. The van der Waals surface area contributed by atoms with Gasteiger partial charge in [-0.3, -0.25) is 0 Å². The zero-order valence-corrected chi connectivity index (χ0v) is 15.2. The van der Waals surface area contributed by atoms with E-state index in [4.69, 9.17) is 9.15 Å². The summed E-state index contributed by atoms with van der Waals surface area (Å²) in [5, 5.41) is 19.0. The largest absolute Gasteiger partial charge is 0.466 e. The lowest BCUT2D eigenvalue weighted by Gasteiger charge is -2.55. The van der Waals surface area contributed by atoms with Crippen LogP contribution in [0.25, 0.3) is 17.2 Å². The second kappa shape index (κ2) is 5.57. The third-order valence-electron chi connectivity index (χ3n) is 7.12. The third kappa shape index (κ3) is 2.40. The first-order valence-electron chi connectivity index (χ1n) is 10.1. The van der Waals surface area contributed by atoms with Gasteiger partial charge >= 0.3 is 0 Å². The summed E-state index contributed by atoms with van der Waals surface area (Å²) >= 11 is 0. The Labute approximate surface area is 158 Å². The van der Waals surface area contributed by atoms with E-state index >= 15 is 0 Å². The van der Waals surface area contributed by atoms with E-state index in [-0.39, 0.29) is 11.5 Å². The Morgan fingerprint density at radius 1 is 1.00 bits per heavy atom. The number of benzene rings is 1. The zero-order chi connectivity index (χ0) is 18.2. The summed E-state index contributed by atoms with van der Waals surface area (Å²) in [7, 11) is 0. The molecule has 4 bridgehead atoms. The van der Waals surface area contributed by atoms with E-state index < -0.39 is 6.29 Å². The van der Waals surface area contributed by atoms with Crippen molar-refractivity contribution < 1.29 is 19.4 Å². The van der Waals surface area contributed by atoms with Gasteiger partial charge in [0.15, 0.2) is 6.29 Å². The molecule has 3 atom stereocenters. The van der Waals surface area contributed by atoms with Gasteiger partial charge in [0.05, 0.1) is 18.3 Å². The van der Waals surface area contributed by atoms with Crippen molar-refractivity contribution >= 4 is 6.08 Å². The molecule has 3 unspecified atom stereocenters. The van der Waals surface area contributed by atoms with Crippen LogP contribution in [0.15, 0.2) is 41.0 Å². The predicted octanol–water partition coefficient (Wildman–Crippen LogP) is 4.17. The van der Waals surface area contributed by atoms with Gasteiger partial charge in [0.2, 0.25) is 0 Å². The number of furan rings is 1. The smallest absolute Gasteiger partial charge is 0.161 e. The number of aliphatic hydroxyl groups excluding tert-OH is 1. The number of hydrogen-bond donors (Lipinski definition) is 2. The van der Waals surface area contributed by atoms with Gasteiger partial charge in [-0.2, -0.15) is 0 Å². The Morgan fingerprint density at radius 2 is 1.81 bits per heavy atom. The molecule has 3 heterocycles. The second-order valence-electron chi connectivity index (χ2n) is 8.92. The number of fused-ring (bicyclic) bond motifs is 1. The summed E-state index contributed by atoms with van der Waals surface area (Å²) in [6.45, 7) is 0. The molecule has 2 aliphatic heterocycles. The lowest BCUT2D eigenvalue weighted by atomic mass is 9.61. The van der Waals surface area contributed by atoms with Crippen molar-refractivity contribution in [1.82, 2.24) is 0 Å². The molecule has 2 N–H and O–H groups in total. The molecule has 4 nitrogen and oxygen atoms in total. The van der Waals surface area contributed by atoms with Crippen LogP contribution in [0.2, 0.25) is 0 Å². The van der Waals surface area contributed by atoms with Gasteiger partial charge in [0.25, 0.3) is 0 Å². The minimum absolute atomic E-state index is 0.213. The highest BCUT2D eigenvalue weighted by Crippen LogP contribution is 2.57. The molecule has 4 fully saturated rings. The van der Waals surface area contributed by atoms with E-state index in [1.54, 1.807) is 0 Å². The summed E-state index contributed by atoms with van der Waals surface area (Å²) < 4.78 is 12.6. The number of hydrogen-bond acceptors (Lipinski definition) is 4. The van der Waals surface area contributed by atoms with Gasteiger partial charge in [0, 0.05) is 5.56 Å². The SMILES string of the molecule is OC(O)C1C=Cc2cc(-c3coc(C45CC6CC(CC(C6)O4)C5)c3)ccc21. The van der Waals surface area contributed by atoms with E-state index in [2.05, 4.69) is 12.1 Å². The Kier molecular flexibility index (Phi) is 3.32. The molecule has 5 aliphatic rings. The maximum atomic E-state index is 9.52. The Bertz CT molecular complexity index is 887. The molecule has 2 aromatic rings.